The second-order valence-electron chi connectivity index (χ2n) is 9.15. The first kappa shape index (κ1) is 25.0. The van der Waals surface area contributed by atoms with Gasteiger partial charge in [-0.2, -0.15) is 4.98 Å². The Kier molecular flexibility index (Phi) is 8.29. The van der Waals surface area contributed by atoms with Crippen molar-refractivity contribution >= 4 is 29.4 Å². The number of nitrogens with zero attached hydrogens (tertiary/aromatic N) is 3. The highest BCUT2D eigenvalue weighted by Crippen LogP contribution is 2.43. The predicted octanol–water partition coefficient (Wildman–Crippen LogP) is 5.08. The minimum atomic E-state index is -0.771. The molecule has 0 atom stereocenters. The molecule has 0 saturated heterocycles. The summed E-state index contributed by atoms with van der Waals surface area (Å²) in [6, 6.07) is 22.7. The van der Waals surface area contributed by atoms with Crippen molar-refractivity contribution in [2.45, 2.75) is 49.4 Å². The summed E-state index contributed by atoms with van der Waals surface area (Å²) in [4.78, 5) is 25.0. The van der Waals surface area contributed by atoms with Crippen LogP contribution in [-0.2, 0) is 9.54 Å². The lowest BCUT2D eigenvalue weighted by molar-refractivity contribution is -0.123. The summed E-state index contributed by atoms with van der Waals surface area (Å²) in [5, 5.41) is 6.91. The fourth-order valence-corrected chi connectivity index (χ4v) is 5.97. The van der Waals surface area contributed by atoms with Crippen LogP contribution in [0.3, 0.4) is 0 Å². The maximum Gasteiger partial charge on any atom is 0.245 e. The van der Waals surface area contributed by atoms with Gasteiger partial charge in [0.2, 0.25) is 11.9 Å². The van der Waals surface area contributed by atoms with E-state index in [9.17, 15) is 4.79 Å². The zero-order valence-corrected chi connectivity index (χ0v) is 21.6. The van der Waals surface area contributed by atoms with Gasteiger partial charge in [0.1, 0.15) is 10.6 Å². The molecule has 0 unspecified atom stereocenters. The maximum absolute atomic E-state index is 14.0. The van der Waals surface area contributed by atoms with E-state index < -0.39 is 4.75 Å². The van der Waals surface area contributed by atoms with Crippen LogP contribution in [-0.4, -0.2) is 47.8 Å². The van der Waals surface area contributed by atoms with Gasteiger partial charge in [0.25, 0.3) is 0 Å². The molecular formula is C28H35N5OS. The monoisotopic (exact) mass is 489 g/mol. The van der Waals surface area contributed by atoms with Gasteiger partial charge in [0.05, 0.1) is 0 Å². The zero-order chi connectivity index (χ0) is 24.7. The van der Waals surface area contributed by atoms with E-state index in [0.717, 1.165) is 48.4 Å². The molecule has 2 N–H and O–H groups in total. The zero-order valence-electron chi connectivity index (χ0n) is 20.8. The molecule has 4 rings (SSSR count). The Bertz CT molecular complexity index is 1050. The van der Waals surface area contributed by atoms with Crippen molar-refractivity contribution < 1.29 is 4.79 Å². The summed E-state index contributed by atoms with van der Waals surface area (Å²) in [5.74, 6) is 2.45. The molecular weight excluding hydrogens is 454 g/mol. The van der Waals surface area contributed by atoms with Gasteiger partial charge >= 0.3 is 0 Å². The fourth-order valence-electron chi connectivity index (χ4n) is 4.74. The standard InChI is InChI=1S/C28H35N5OS/c1-4-35-28(21-11-7-5-8-12-21,22-13-9-6-10-14-22)26(34)30-23-15-17-24(18-16-23)31-27-29-20-19-25(32-27)33(2)3/h5-14,19-20,23-24H,4,15-18H2,1-3H3,(H,30,34)(H,29,31,32). The Morgan fingerprint density at radius 3 is 2.06 bits per heavy atom. The molecule has 1 amide bonds. The van der Waals surface area contributed by atoms with Crippen molar-refractivity contribution in [1.29, 1.82) is 0 Å². The number of thioether (sulfide) groups is 1. The SMILES string of the molecule is CCSC(C(=O)NC1CCC(Nc2nccc(N(C)C)n2)CC1)(c1ccccc1)c1ccccc1. The van der Waals surface area contributed by atoms with Crippen molar-refractivity contribution in [3.8, 4) is 0 Å². The molecule has 0 bridgehead atoms. The predicted molar refractivity (Wildman–Crippen MR) is 146 cm³/mol. The van der Waals surface area contributed by atoms with Gasteiger partial charge in [-0.15, -0.1) is 11.8 Å². The van der Waals surface area contributed by atoms with Crippen LogP contribution < -0.4 is 15.5 Å². The number of hydrogen-bond donors (Lipinski definition) is 2. The first-order chi connectivity index (χ1) is 17.0. The maximum atomic E-state index is 14.0. The van der Waals surface area contributed by atoms with E-state index in [1.165, 1.54) is 0 Å². The quantitative estimate of drug-likeness (QED) is 0.437. The van der Waals surface area contributed by atoms with E-state index in [1.807, 2.05) is 61.5 Å². The molecule has 184 valence electrons. The number of benzene rings is 2. The number of aromatic nitrogens is 2. The first-order valence-corrected chi connectivity index (χ1v) is 13.3. The van der Waals surface area contributed by atoms with E-state index in [0.29, 0.717) is 12.0 Å². The highest BCUT2D eigenvalue weighted by atomic mass is 32.2. The molecule has 1 aliphatic rings. The molecule has 1 aliphatic carbocycles. The third kappa shape index (κ3) is 5.78. The van der Waals surface area contributed by atoms with Crippen LogP contribution in [0, 0.1) is 0 Å². The van der Waals surface area contributed by atoms with Gasteiger partial charge in [-0.05, 0) is 48.6 Å². The molecule has 0 aliphatic heterocycles. The lowest BCUT2D eigenvalue weighted by Crippen LogP contribution is -2.49. The van der Waals surface area contributed by atoms with Crippen LogP contribution in [0.15, 0.2) is 72.9 Å². The average molecular weight is 490 g/mol. The lowest BCUT2D eigenvalue weighted by Gasteiger charge is -2.36. The highest BCUT2D eigenvalue weighted by Gasteiger charge is 2.43. The smallest absolute Gasteiger partial charge is 0.245 e. The first-order valence-electron chi connectivity index (χ1n) is 12.4. The largest absolute Gasteiger partial charge is 0.363 e. The summed E-state index contributed by atoms with van der Waals surface area (Å²) in [5.41, 5.74) is 2.03. The highest BCUT2D eigenvalue weighted by molar-refractivity contribution is 8.01. The molecule has 0 radical (unpaired) electrons. The average Bonchev–Trinajstić information content (AvgIpc) is 2.89. The minimum Gasteiger partial charge on any atom is -0.363 e. The van der Waals surface area contributed by atoms with Gasteiger partial charge in [-0.25, -0.2) is 4.98 Å². The van der Waals surface area contributed by atoms with E-state index in [-0.39, 0.29) is 11.9 Å². The molecule has 7 heteroatoms. The Morgan fingerprint density at radius 1 is 0.943 bits per heavy atom. The molecule has 1 heterocycles. The van der Waals surface area contributed by atoms with Gasteiger partial charge in [0, 0.05) is 32.4 Å². The van der Waals surface area contributed by atoms with Gasteiger partial charge in [0.15, 0.2) is 0 Å². The molecule has 35 heavy (non-hydrogen) atoms. The number of hydrogen-bond acceptors (Lipinski definition) is 6. The van der Waals surface area contributed by atoms with E-state index in [4.69, 9.17) is 0 Å². The molecule has 6 nitrogen and oxygen atoms in total. The molecule has 1 saturated carbocycles. The van der Waals surface area contributed by atoms with Crippen molar-refractivity contribution in [1.82, 2.24) is 15.3 Å². The van der Waals surface area contributed by atoms with Crippen molar-refractivity contribution in [3.63, 3.8) is 0 Å². The summed E-state index contributed by atoms with van der Waals surface area (Å²) in [6.07, 6.45) is 5.56. The number of carbonyl (C=O) groups is 1. The second-order valence-corrected chi connectivity index (χ2v) is 10.6. The fraction of sp³-hybridized carbons (Fsp3) is 0.393. The third-order valence-corrected chi connectivity index (χ3v) is 7.91. The van der Waals surface area contributed by atoms with Gasteiger partial charge in [-0.1, -0.05) is 67.6 Å². The Morgan fingerprint density at radius 2 is 1.51 bits per heavy atom. The van der Waals surface area contributed by atoms with Crippen LogP contribution in [0.2, 0.25) is 0 Å². The van der Waals surface area contributed by atoms with Crippen LogP contribution in [0.25, 0.3) is 0 Å². The number of rotatable bonds is 9. The number of carbonyl (C=O) groups excluding carboxylic acids is 1. The number of nitrogens with one attached hydrogen (secondary N) is 2. The molecule has 0 spiro atoms. The van der Waals surface area contributed by atoms with Crippen molar-refractivity contribution in [2.75, 3.05) is 30.1 Å². The Hall–Kier alpha value is -3.06. The molecule has 1 fully saturated rings. The molecule has 1 aromatic heterocycles. The summed E-state index contributed by atoms with van der Waals surface area (Å²) in [7, 11) is 3.95. The Balaban J connectivity index is 1.46. The van der Waals surface area contributed by atoms with Gasteiger partial charge in [-0.3, -0.25) is 4.79 Å². The van der Waals surface area contributed by atoms with Crippen molar-refractivity contribution in [3.05, 3.63) is 84.1 Å². The van der Waals surface area contributed by atoms with E-state index >= 15 is 0 Å². The molecule has 2 aromatic carbocycles. The van der Waals surface area contributed by atoms with Crippen LogP contribution in [0.5, 0.6) is 0 Å². The van der Waals surface area contributed by atoms with E-state index in [2.05, 4.69) is 51.8 Å². The topological polar surface area (TPSA) is 70.2 Å². The minimum absolute atomic E-state index is 0.0696. The molecule has 3 aromatic rings. The summed E-state index contributed by atoms with van der Waals surface area (Å²) >= 11 is 1.69. The van der Waals surface area contributed by atoms with Crippen LogP contribution >= 0.6 is 11.8 Å². The Labute approximate surface area is 213 Å². The number of amides is 1. The van der Waals surface area contributed by atoms with Crippen LogP contribution in [0.4, 0.5) is 11.8 Å². The lowest BCUT2D eigenvalue weighted by atomic mass is 9.87. The third-order valence-electron chi connectivity index (χ3n) is 6.54. The number of anilines is 2. The van der Waals surface area contributed by atoms with Crippen LogP contribution in [0.1, 0.15) is 43.7 Å². The second kappa shape index (κ2) is 11.6. The van der Waals surface area contributed by atoms with Gasteiger partial charge < -0.3 is 15.5 Å². The van der Waals surface area contributed by atoms with E-state index in [1.54, 1.807) is 18.0 Å². The summed E-state index contributed by atoms with van der Waals surface area (Å²) in [6.45, 7) is 2.11. The van der Waals surface area contributed by atoms with Crippen molar-refractivity contribution in [2.24, 2.45) is 0 Å². The summed E-state index contributed by atoms with van der Waals surface area (Å²) < 4.78 is -0.771. The normalized spacial score (nSPS) is 18.0.